The predicted octanol–water partition coefficient (Wildman–Crippen LogP) is 4.63. The molecule has 0 bridgehead atoms. The zero-order valence-corrected chi connectivity index (χ0v) is 12.2. The number of hydrogen-bond donors (Lipinski definition) is 0. The van der Waals surface area contributed by atoms with Gasteiger partial charge in [-0.2, -0.15) is 0 Å². The Hall–Kier alpha value is -1.02. The van der Waals surface area contributed by atoms with Gasteiger partial charge in [0.25, 0.3) is 0 Å². The number of rotatable bonds is 2. The molecule has 0 heterocycles. The van der Waals surface area contributed by atoms with Crippen LogP contribution in [0.5, 0.6) is 0 Å². The van der Waals surface area contributed by atoms with Gasteiger partial charge in [-0.05, 0) is 49.3 Å². The molecule has 1 saturated carbocycles. The summed E-state index contributed by atoms with van der Waals surface area (Å²) in [7, 11) is 0. The first-order chi connectivity index (χ1) is 9.16. The van der Waals surface area contributed by atoms with E-state index in [9.17, 15) is 4.79 Å². The van der Waals surface area contributed by atoms with E-state index < -0.39 is 0 Å². The van der Waals surface area contributed by atoms with E-state index >= 15 is 0 Å². The number of allylic oxidation sites excluding steroid dienone is 2. The van der Waals surface area contributed by atoms with Gasteiger partial charge in [0.15, 0.2) is 5.78 Å². The summed E-state index contributed by atoms with van der Waals surface area (Å²) in [4.78, 5) is 13.0. The first-order valence-corrected chi connectivity index (χ1v) is 7.99. The number of hydrogen-bond acceptors (Lipinski definition) is 2. The minimum atomic E-state index is 0.307. The highest BCUT2D eigenvalue weighted by Gasteiger charge is 2.38. The van der Waals surface area contributed by atoms with Crippen LogP contribution in [0.1, 0.15) is 39.0 Å². The maximum Gasteiger partial charge on any atom is 0.155 e. The molecule has 100 valence electrons. The Morgan fingerprint density at radius 1 is 1.21 bits per heavy atom. The molecule has 0 spiro atoms. The fraction of sp³-hybridized carbons (Fsp3) is 0.471. The lowest BCUT2D eigenvalue weighted by molar-refractivity contribution is -0.115. The molecule has 0 unspecified atom stereocenters. The number of carbonyl (C=O) groups excluding carboxylic acids is 1. The molecule has 2 aliphatic carbocycles. The first-order valence-electron chi connectivity index (χ1n) is 7.11. The van der Waals surface area contributed by atoms with Crippen LogP contribution in [0.15, 0.2) is 46.9 Å². The molecule has 2 heteroatoms. The first kappa shape index (κ1) is 13.0. The van der Waals surface area contributed by atoms with E-state index in [1.807, 2.05) is 17.8 Å². The Balaban J connectivity index is 1.73. The molecule has 2 aliphatic rings. The topological polar surface area (TPSA) is 17.1 Å². The summed E-state index contributed by atoms with van der Waals surface area (Å²) in [5, 5.41) is 0.632. The van der Waals surface area contributed by atoms with E-state index in [1.165, 1.54) is 23.3 Å². The second-order valence-corrected chi connectivity index (χ2v) is 7.37. The lowest BCUT2D eigenvalue weighted by Crippen LogP contribution is -2.32. The SMILES string of the molecule is C[C@@]12CCC(=O)C=C1C[C@H](Sc1ccccc1)CC2. The molecule has 0 N–H and O–H groups in total. The van der Waals surface area contributed by atoms with Gasteiger partial charge in [0, 0.05) is 16.6 Å². The number of carbonyl (C=O) groups is 1. The molecule has 19 heavy (non-hydrogen) atoms. The molecule has 2 atom stereocenters. The number of thioether (sulfide) groups is 1. The Morgan fingerprint density at radius 3 is 2.79 bits per heavy atom. The van der Waals surface area contributed by atoms with Gasteiger partial charge < -0.3 is 0 Å². The van der Waals surface area contributed by atoms with Crippen LogP contribution in [-0.2, 0) is 4.79 Å². The standard InChI is InChI=1S/C17H20OS/c1-17-9-7-14(18)11-13(17)12-16(8-10-17)19-15-5-3-2-4-6-15/h2-6,11,16H,7-10,12H2,1H3/t16-,17+/m1/s1. The average Bonchev–Trinajstić information content (AvgIpc) is 2.41. The Morgan fingerprint density at radius 2 is 2.00 bits per heavy atom. The summed E-state index contributed by atoms with van der Waals surface area (Å²) in [6.45, 7) is 2.34. The van der Waals surface area contributed by atoms with Gasteiger partial charge in [0.2, 0.25) is 0 Å². The monoisotopic (exact) mass is 272 g/mol. The van der Waals surface area contributed by atoms with Crippen molar-refractivity contribution in [3.63, 3.8) is 0 Å². The van der Waals surface area contributed by atoms with Crippen molar-refractivity contribution in [2.24, 2.45) is 5.41 Å². The molecule has 0 aliphatic heterocycles. The van der Waals surface area contributed by atoms with Crippen LogP contribution >= 0.6 is 11.8 Å². The molecule has 0 aromatic heterocycles. The maximum atomic E-state index is 11.6. The molecule has 0 radical (unpaired) electrons. The third-order valence-electron chi connectivity index (χ3n) is 4.55. The van der Waals surface area contributed by atoms with E-state index in [0.717, 1.165) is 19.3 Å². The van der Waals surface area contributed by atoms with Crippen molar-refractivity contribution in [1.82, 2.24) is 0 Å². The minimum Gasteiger partial charge on any atom is -0.295 e. The van der Waals surface area contributed by atoms with Crippen molar-refractivity contribution in [3.05, 3.63) is 42.0 Å². The zero-order valence-electron chi connectivity index (χ0n) is 11.4. The second kappa shape index (κ2) is 5.16. The highest BCUT2D eigenvalue weighted by molar-refractivity contribution is 8.00. The summed E-state index contributed by atoms with van der Waals surface area (Å²) in [5.41, 5.74) is 1.71. The van der Waals surface area contributed by atoms with Gasteiger partial charge >= 0.3 is 0 Å². The summed E-state index contributed by atoms with van der Waals surface area (Å²) >= 11 is 1.97. The van der Waals surface area contributed by atoms with E-state index in [4.69, 9.17) is 0 Å². The molecular weight excluding hydrogens is 252 g/mol. The predicted molar refractivity (Wildman–Crippen MR) is 80.4 cm³/mol. The van der Waals surface area contributed by atoms with E-state index in [0.29, 0.717) is 16.4 Å². The second-order valence-electron chi connectivity index (χ2n) is 5.99. The van der Waals surface area contributed by atoms with Crippen LogP contribution in [0.4, 0.5) is 0 Å². The van der Waals surface area contributed by atoms with Crippen LogP contribution < -0.4 is 0 Å². The Bertz CT molecular complexity index is 505. The fourth-order valence-electron chi connectivity index (χ4n) is 3.21. The van der Waals surface area contributed by atoms with Crippen molar-refractivity contribution >= 4 is 17.5 Å². The van der Waals surface area contributed by atoms with E-state index in [1.54, 1.807) is 0 Å². The molecule has 0 amide bonds. The quantitative estimate of drug-likeness (QED) is 0.781. The van der Waals surface area contributed by atoms with Crippen molar-refractivity contribution in [2.45, 2.75) is 49.2 Å². The van der Waals surface area contributed by atoms with E-state index in [-0.39, 0.29) is 0 Å². The van der Waals surface area contributed by atoms with Crippen LogP contribution in [0.25, 0.3) is 0 Å². The summed E-state index contributed by atoms with van der Waals surface area (Å²) in [6.07, 6.45) is 7.33. The third-order valence-corrected chi connectivity index (χ3v) is 5.83. The fourth-order valence-corrected chi connectivity index (χ4v) is 4.41. The van der Waals surface area contributed by atoms with Gasteiger partial charge in [0.1, 0.15) is 0 Å². The molecule has 3 rings (SSSR count). The van der Waals surface area contributed by atoms with Gasteiger partial charge in [-0.3, -0.25) is 4.79 Å². The summed E-state index contributed by atoms with van der Waals surface area (Å²) < 4.78 is 0. The minimum absolute atomic E-state index is 0.307. The molecule has 1 fully saturated rings. The smallest absolute Gasteiger partial charge is 0.155 e. The molecule has 1 aromatic rings. The van der Waals surface area contributed by atoms with Crippen LogP contribution in [0.3, 0.4) is 0 Å². The summed E-state index contributed by atoms with van der Waals surface area (Å²) in [6, 6.07) is 10.6. The average molecular weight is 272 g/mol. The van der Waals surface area contributed by atoms with Crippen molar-refractivity contribution in [2.75, 3.05) is 0 Å². The molecule has 0 saturated heterocycles. The highest BCUT2D eigenvalue weighted by Crippen LogP contribution is 2.49. The van der Waals surface area contributed by atoms with Crippen LogP contribution in [-0.4, -0.2) is 11.0 Å². The van der Waals surface area contributed by atoms with Crippen molar-refractivity contribution in [3.8, 4) is 0 Å². The van der Waals surface area contributed by atoms with Gasteiger partial charge in [-0.1, -0.05) is 30.7 Å². The lowest BCUT2D eigenvalue weighted by Gasteiger charge is -2.41. The van der Waals surface area contributed by atoms with Crippen LogP contribution in [0.2, 0.25) is 0 Å². The Labute approximate surface area is 119 Å². The Kier molecular flexibility index (Phi) is 3.53. The van der Waals surface area contributed by atoms with Crippen LogP contribution in [0, 0.1) is 5.41 Å². The lowest BCUT2D eigenvalue weighted by atomic mass is 9.66. The molecular formula is C17H20OS. The third kappa shape index (κ3) is 2.79. The number of benzene rings is 1. The van der Waals surface area contributed by atoms with Crippen molar-refractivity contribution < 1.29 is 4.79 Å². The molecule has 1 nitrogen and oxygen atoms in total. The maximum absolute atomic E-state index is 11.6. The van der Waals surface area contributed by atoms with Gasteiger partial charge in [0.05, 0.1) is 0 Å². The highest BCUT2D eigenvalue weighted by atomic mass is 32.2. The summed E-state index contributed by atoms with van der Waals surface area (Å²) in [5.74, 6) is 0.331. The van der Waals surface area contributed by atoms with Gasteiger partial charge in [-0.15, -0.1) is 11.8 Å². The largest absolute Gasteiger partial charge is 0.295 e. The zero-order chi connectivity index (χ0) is 13.3. The number of ketones is 1. The van der Waals surface area contributed by atoms with E-state index in [2.05, 4.69) is 37.3 Å². The van der Waals surface area contributed by atoms with Crippen molar-refractivity contribution in [1.29, 1.82) is 0 Å². The normalized spacial score (nSPS) is 30.7. The number of fused-ring (bicyclic) bond motifs is 1. The van der Waals surface area contributed by atoms with Gasteiger partial charge in [-0.25, -0.2) is 0 Å². The molecule has 1 aromatic carbocycles.